The second-order valence-electron chi connectivity index (χ2n) is 18.5. The fraction of sp³-hybridized carbons (Fsp3) is 0.942. The minimum Gasteiger partial charge on any atom is -0.462 e. The first-order valence-corrected chi connectivity index (χ1v) is 25.8. The molecule has 6 nitrogen and oxygen atoms in total. The molecule has 0 saturated heterocycles. The molecule has 0 aromatic rings. The third-order valence-electron chi connectivity index (χ3n) is 12.1. The van der Waals surface area contributed by atoms with Crippen LogP contribution in [-0.4, -0.2) is 37.2 Å². The molecule has 0 aromatic carbocycles. The van der Waals surface area contributed by atoms with Gasteiger partial charge in [0, 0.05) is 19.3 Å². The molecule has 0 aliphatic rings. The van der Waals surface area contributed by atoms with Gasteiger partial charge in [0.1, 0.15) is 13.2 Å². The van der Waals surface area contributed by atoms with Gasteiger partial charge in [-0.15, -0.1) is 0 Å². The average molecular weight is 821 g/mol. The number of hydrogen-bond acceptors (Lipinski definition) is 6. The number of carbonyl (C=O) groups excluding carboxylic acids is 3. The van der Waals surface area contributed by atoms with Crippen molar-refractivity contribution in [1.29, 1.82) is 0 Å². The fourth-order valence-corrected chi connectivity index (χ4v) is 7.78. The van der Waals surface area contributed by atoms with Gasteiger partial charge in [-0.1, -0.05) is 247 Å². The number of esters is 3. The van der Waals surface area contributed by atoms with Crippen LogP contribution in [0.1, 0.15) is 285 Å². The van der Waals surface area contributed by atoms with Crippen LogP contribution in [0.3, 0.4) is 0 Å². The zero-order chi connectivity index (χ0) is 42.6. The zero-order valence-electron chi connectivity index (χ0n) is 39.7. The number of ether oxygens (including phenoxy) is 3. The Morgan fingerprint density at radius 1 is 0.362 bits per heavy atom. The molecule has 0 aliphatic carbocycles. The maximum Gasteiger partial charge on any atom is 0.306 e. The highest BCUT2D eigenvalue weighted by molar-refractivity contribution is 5.71. The predicted octanol–water partition coefficient (Wildman–Crippen LogP) is 16.5. The van der Waals surface area contributed by atoms with E-state index in [1.165, 1.54) is 173 Å². The Labute approximate surface area is 361 Å². The first-order chi connectivity index (χ1) is 28.3. The third kappa shape index (κ3) is 44.0. The monoisotopic (exact) mass is 821 g/mol. The van der Waals surface area contributed by atoms with Crippen LogP contribution in [0.5, 0.6) is 0 Å². The molecule has 0 aromatic heterocycles. The van der Waals surface area contributed by atoms with Gasteiger partial charge in [-0.2, -0.15) is 0 Å². The van der Waals surface area contributed by atoms with E-state index in [-0.39, 0.29) is 31.1 Å². The number of carbonyl (C=O) groups is 3. The molecule has 0 saturated carbocycles. The van der Waals surface area contributed by atoms with Gasteiger partial charge in [0.2, 0.25) is 0 Å². The van der Waals surface area contributed by atoms with Crippen molar-refractivity contribution in [2.24, 2.45) is 11.8 Å². The van der Waals surface area contributed by atoms with Crippen LogP contribution < -0.4 is 0 Å². The number of rotatable bonds is 46. The standard InChI is InChI=1S/C52H100O6/c1-6-8-9-10-11-12-13-14-15-16-17-18-19-20-21-27-32-37-42-50(53)56-45-49(46-57-51(54)43-38-33-29-24-25-30-35-40-47(3)4)58-52(55)44-39-34-28-23-22-26-31-36-41-48(5)7-2/h47-49H,6-46H2,1-5H3/t48?,49-/m1/s1. The predicted molar refractivity (Wildman–Crippen MR) is 247 cm³/mol. The van der Waals surface area contributed by atoms with Gasteiger partial charge in [0.05, 0.1) is 0 Å². The molecule has 0 amide bonds. The summed E-state index contributed by atoms with van der Waals surface area (Å²) in [4.78, 5) is 37.9. The Morgan fingerprint density at radius 2 is 0.655 bits per heavy atom. The highest BCUT2D eigenvalue weighted by Gasteiger charge is 2.19. The van der Waals surface area contributed by atoms with Crippen molar-refractivity contribution in [3.63, 3.8) is 0 Å². The topological polar surface area (TPSA) is 78.9 Å². The van der Waals surface area contributed by atoms with Gasteiger partial charge in [-0.3, -0.25) is 14.4 Å². The lowest BCUT2D eigenvalue weighted by Crippen LogP contribution is -2.30. The summed E-state index contributed by atoms with van der Waals surface area (Å²) in [6, 6.07) is 0. The first kappa shape index (κ1) is 56.4. The second-order valence-corrected chi connectivity index (χ2v) is 18.5. The molecule has 0 rings (SSSR count). The molecule has 0 heterocycles. The van der Waals surface area contributed by atoms with Gasteiger partial charge < -0.3 is 14.2 Å². The number of hydrogen-bond donors (Lipinski definition) is 0. The van der Waals surface area contributed by atoms with Gasteiger partial charge in [-0.05, 0) is 31.1 Å². The Kier molecular flexibility index (Phi) is 43.7. The van der Waals surface area contributed by atoms with Crippen LogP contribution in [-0.2, 0) is 28.6 Å². The normalized spacial score (nSPS) is 12.5. The summed E-state index contributed by atoms with van der Waals surface area (Å²) in [5, 5.41) is 0. The Hall–Kier alpha value is -1.59. The second kappa shape index (κ2) is 44.9. The summed E-state index contributed by atoms with van der Waals surface area (Å²) in [6.45, 7) is 11.3. The summed E-state index contributed by atoms with van der Waals surface area (Å²) in [7, 11) is 0. The van der Waals surface area contributed by atoms with Crippen molar-refractivity contribution >= 4 is 17.9 Å². The Morgan fingerprint density at radius 3 is 0.983 bits per heavy atom. The average Bonchev–Trinajstić information content (AvgIpc) is 3.21. The van der Waals surface area contributed by atoms with Crippen molar-refractivity contribution in [3.8, 4) is 0 Å². The van der Waals surface area contributed by atoms with Crippen LogP contribution in [0.25, 0.3) is 0 Å². The van der Waals surface area contributed by atoms with Crippen LogP contribution >= 0.6 is 0 Å². The summed E-state index contributed by atoms with van der Waals surface area (Å²) in [5.74, 6) is 0.772. The van der Waals surface area contributed by atoms with Crippen molar-refractivity contribution in [2.75, 3.05) is 13.2 Å². The van der Waals surface area contributed by atoms with E-state index in [4.69, 9.17) is 14.2 Å². The van der Waals surface area contributed by atoms with E-state index in [1.807, 2.05) is 0 Å². The summed E-state index contributed by atoms with van der Waals surface area (Å²) < 4.78 is 16.8. The molecule has 2 atom stereocenters. The highest BCUT2D eigenvalue weighted by atomic mass is 16.6. The molecule has 1 unspecified atom stereocenters. The quantitative estimate of drug-likeness (QED) is 0.0346. The van der Waals surface area contributed by atoms with E-state index < -0.39 is 6.10 Å². The molecule has 0 spiro atoms. The van der Waals surface area contributed by atoms with Gasteiger partial charge in [0.15, 0.2) is 6.10 Å². The van der Waals surface area contributed by atoms with Gasteiger partial charge in [-0.25, -0.2) is 0 Å². The van der Waals surface area contributed by atoms with E-state index >= 15 is 0 Å². The molecule has 58 heavy (non-hydrogen) atoms. The lowest BCUT2D eigenvalue weighted by molar-refractivity contribution is -0.167. The van der Waals surface area contributed by atoms with E-state index in [0.29, 0.717) is 19.3 Å². The van der Waals surface area contributed by atoms with E-state index in [0.717, 1.165) is 69.6 Å². The molecule has 0 fully saturated rings. The van der Waals surface area contributed by atoms with E-state index in [2.05, 4.69) is 34.6 Å². The van der Waals surface area contributed by atoms with Crippen LogP contribution in [0.4, 0.5) is 0 Å². The van der Waals surface area contributed by atoms with Crippen molar-refractivity contribution in [2.45, 2.75) is 291 Å². The molecular weight excluding hydrogens is 721 g/mol. The maximum absolute atomic E-state index is 12.8. The van der Waals surface area contributed by atoms with Crippen molar-refractivity contribution in [3.05, 3.63) is 0 Å². The first-order valence-electron chi connectivity index (χ1n) is 25.8. The van der Waals surface area contributed by atoms with Crippen LogP contribution in [0.2, 0.25) is 0 Å². The minimum atomic E-state index is -0.762. The van der Waals surface area contributed by atoms with Gasteiger partial charge in [0.25, 0.3) is 0 Å². The van der Waals surface area contributed by atoms with Crippen LogP contribution in [0.15, 0.2) is 0 Å². The molecule has 6 heteroatoms. The third-order valence-corrected chi connectivity index (χ3v) is 12.1. The van der Waals surface area contributed by atoms with E-state index in [1.54, 1.807) is 0 Å². The van der Waals surface area contributed by atoms with Gasteiger partial charge >= 0.3 is 17.9 Å². The van der Waals surface area contributed by atoms with Crippen molar-refractivity contribution < 1.29 is 28.6 Å². The summed E-state index contributed by atoms with van der Waals surface area (Å²) in [5.41, 5.74) is 0. The minimum absolute atomic E-state index is 0.0647. The zero-order valence-corrected chi connectivity index (χ0v) is 39.7. The lowest BCUT2D eigenvalue weighted by Gasteiger charge is -2.18. The molecule has 344 valence electrons. The molecule has 0 radical (unpaired) electrons. The smallest absolute Gasteiger partial charge is 0.306 e. The van der Waals surface area contributed by atoms with Crippen molar-refractivity contribution in [1.82, 2.24) is 0 Å². The molecule has 0 N–H and O–H groups in total. The largest absolute Gasteiger partial charge is 0.462 e. The summed E-state index contributed by atoms with van der Waals surface area (Å²) in [6.07, 6.45) is 45.3. The Balaban J connectivity index is 4.26. The van der Waals surface area contributed by atoms with E-state index in [9.17, 15) is 14.4 Å². The summed E-state index contributed by atoms with van der Waals surface area (Å²) >= 11 is 0. The SMILES string of the molecule is CCCCCCCCCCCCCCCCCCCCC(=O)OC[C@H](COC(=O)CCCCCCCCCC(C)C)OC(=O)CCCCCCCCCCC(C)CC. The molecule has 0 aliphatic heterocycles. The molecule has 0 bridgehead atoms. The highest BCUT2D eigenvalue weighted by Crippen LogP contribution is 2.18. The molecular formula is C52H100O6. The lowest BCUT2D eigenvalue weighted by atomic mass is 9.99. The number of unbranched alkanes of at least 4 members (excludes halogenated alkanes) is 30. The maximum atomic E-state index is 12.8. The Bertz CT molecular complexity index is 887. The van der Waals surface area contributed by atoms with Crippen LogP contribution in [0, 0.1) is 11.8 Å². The fourth-order valence-electron chi connectivity index (χ4n) is 7.78.